The summed E-state index contributed by atoms with van der Waals surface area (Å²) in [5.74, 6) is -0.192. The van der Waals surface area contributed by atoms with Gasteiger partial charge in [0.1, 0.15) is 17.3 Å². The van der Waals surface area contributed by atoms with Crippen molar-refractivity contribution < 1.29 is 24.2 Å². The molecule has 2 heterocycles. The number of benzene rings is 2. The van der Waals surface area contributed by atoms with Crippen LogP contribution in [0.3, 0.4) is 0 Å². The van der Waals surface area contributed by atoms with Crippen molar-refractivity contribution in [3.8, 4) is 11.5 Å². The van der Waals surface area contributed by atoms with E-state index in [4.69, 9.17) is 9.47 Å². The first-order valence-electron chi connectivity index (χ1n) is 11.6. The molecule has 1 aliphatic heterocycles. The first kappa shape index (κ1) is 24.1. The number of likely N-dealkylation sites (tertiary alicyclic amines) is 1. The van der Waals surface area contributed by atoms with Gasteiger partial charge in [-0.1, -0.05) is 19.1 Å². The second-order valence-corrected chi connectivity index (χ2v) is 8.29. The minimum absolute atomic E-state index is 0.0741. The van der Waals surface area contributed by atoms with Crippen LogP contribution in [-0.2, 0) is 16.1 Å². The van der Waals surface area contributed by atoms with Gasteiger partial charge in [0, 0.05) is 31.0 Å². The molecule has 8 nitrogen and oxygen atoms in total. The number of methoxy groups -OCH3 is 1. The minimum atomic E-state index is -0.708. The van der Waals surface area contributed by atoms with Gasteiger partial charge < -0.3 is 24.0 Å². The number of nitrogens with zero attached hydrogens (tertiary/aromatic N) is 3. The summed E-state index contributed by atoms with van der Waals surface area (Å²) in [4.78, 5) is 31.8. The molecular formula is C27H29N3O5. The fraction of sp³-hybridized carbons (Fsp3) is 0.296. The van der Waals surface area contributed by atoms with E-state index in [0.717, 1.165) is 12.0 Å². The van der Waals surface area contributed by atoms with Gasteiger partial charge in [0.05, 0.1) is 31.7 Å². The largest absolute Gasteiger partial charge is 0.507 e. The number of aromatic nitrogens is 2. The highest BCUT2D eigenvalue weighted by molar-refractivity contribution is 6.46. The zero-order valence-electron chi connectivity index (χ0n) is 19.9. The molecule has 0 saturated carbocycles. The predicted molar refractivity (Wildman–Crippen MR) is 131 cm³/mol. The van der Waals surface area contributed by atoms with Crippen LogP contribution in [0.15, 0.2) is 72.8 Å². The normalized spacial score (nSPS) is 17.1. The van der Waals surface area contributed by atoms with Crippen molar-refractivity contribution in [3.05, 3.63) is 84.0 Å². The van der Waals surface area contributed by atoms with Crippen LogP contribution in [0.5, 0.6) is 11.5 Å². The molecule has 0 radical (unpaired) electrons. The Morgan fingerprint density at radius 1 is 1.03 bits per heavy atom. The number of carbonyl (C=O) groups excluding carboxylic acids is 2. The minimum Gasteiger partial charge on any atom is -0.507 e. The molecule has 0 bridgehead atoms. The molecule has 1 aromatic heterocycles. The third-order valence-electron chi connectivity index (χ3n) is 5.95. The van der Waals surface area contributed by atoms with E-state index in [2.05, 4.69) is 4.98 Å². The fourth-order valence-corrected chi connectivity index (χ4v) is 4.17. The highest BCUT2D eigenvalue weighted by Crippen LogP contribution is 2.40. The molecule has 1 N–H and O–H groups in total. The summed E-state index contributed by atoms with van der Waals surface area (Å²) in [6.07, 6.45) is 6.78. The first-order valence-corrected chi connectivity index (χ1v) is 11.6. The van der Waals surface area contributed by atoms with Crippen molar-refractivity contribution in [1.29, 1.82) is 0 Å². The summed E-state index contributed by atoms with van der Waals surface area (Å²) in [6, 6.07) is 13.3. The van der Waals surface area contributed by atoms with Crippen molar-refractivity contribution in [2.75, 3.05) is 20.3 Å². The number of aliphatic hydroxyl groups is 1. The standard InChI is InChI=1S/C27H29N3O5/c1-3-17-35-22-11-5-19(6-12-22)24-23(25(31)20-7-9-21(34-2)10-8-20)26(32)27(33)30(24)15-4-14-29-16-13-28-18-29/h5-13,16,18,24,31H,3-4,14-15,17H2,1-2H3/b25-23-. The first-order chi connectivity index (χ1) is 17.0. The van der Waals surface area contributed by atoms with Gasteiger partial charge in [0.15, 0.2) is 0 Å². The van der Waals surface area contributed by atoms with Crippen LogP contribution in [-0.4, -0.2) is 51.5 Å². The number of rotatable bonds is 10. The fourth-order valence-electron chi connectivity index (χ4n) is 4.17. The van der Waals surface area contributed by atoms with Crippen molar-refractivity contribution in [1.82, 2.24) is 14.5 Å². The lowest BCUT2D eigenvalue weighted by molar-refractivity contribution is -0.139. The lowest BCUT2D eigenvalue weighted by Gasteiger charge is -2.25. The van der Waals surface area contributed by atoms with Crippen LogP contribution in [0.4, 0.5) is 0 Å². The third-order valence-corrected chi connectivity index (χ3v) is 5.95. The van der Waals surface area contributed by atoms with E-state index >= 15 is 0 Å². The Bertz CT molecular complexity index is 1180. The molecule has 1 saturated heterocycles. The molecule has 35 heavy (non-hydrogen) atoms. The number of hydrogen-bond acceptors (Lipinski definition) is 6. The SMILES string of the molecule is CCCOc1ccc(C2/C(=C(/O)c3ccc(OC)cc3)C(=O)C(=O)N2CCCn2ccnc2)cc1. The lowest BCUT2D eigenvalue weighted by atomic mass is 9.95. The van der Waals surface area contributed by atoms with E-state index in [0.29, 0.717) is 43.2 Å². The molecule has 4 rings (SSSR count). The molecular weight excluding hydrogens is 446 g/mol. The average Bonchev–Trinajstić information content (AvgIpc) is 3.50. The van der Waals surface area contributed by atoms with Gasteiger partial charge in [-0.3, -0.25) is 9.59 Å². The number of carbonyl (C=O) groups is 2. The number of aliphatic hydroxyl groups excluding tert-OH is 1. The summed E-state index contributed by atoms with van der Waals surface area (Å²) in [5.41, 5.74) is 1.24. The van der Waals surface area contributed by atoms with Crippen LogP contribution < -0.4 is 9.47 Å². The average molecular weight is 476 g/mol. The Labute approximate surface area is 204 Å². The zero-order chi connectivity index (χ0) is 24.8. The Hall–Kier alpha value is -4.07. The Balaban J connectivity index is 1.69. The molecule has 0 aliphatic carbocycles. The van der Waals surface area contributed by atoms with Crippen LogP contribution in [0, 0.1) is 0 Å². The molecule has 1 amide bonds. The van der Waals surface area contributed by atoms with Crippen LogP contribution in [0.25, 0.3) is 5.76 Å². The van der Waals surface area contributed by atoms with E-state index in [1.165, 1.54) is 4.90 Å². The topological polar surface area (TPSA) is 93.9 Å². The molecule has 3 aromatic rings. The third kappa shape index (κ3) is 5.21. The Morgan fingerprint density at radius 2 is 1.74 bits per heavy atom. The summed E-state index contributed by atoms with van der Waals surface area (Å²) in [6.45, 7) is 3.63. The number of imidazole rings is 1. The number of ether oxygens (including phenoxy) is 2. The molecule has 1 aliphatic rings. The van der Waals surface area contributed by atoms with Crippen molar-refractivity contribution in [2.45, 2.75) is 32.4 Å². The van der Waals surface area contributed by atoms with E-state index in [1.54, 1.807) is 43.9 Å². The second-order valence-electron chi connectivity index (χ2n) is 8.29. The van der Waals surface area contributed by atoms with Crippen molar-refractivity contribution in [2.24, 2.45) is 0 Å². The molecule has 1 fully saturated rings. The molecule has 182 valence electrons. The summed E-state index contributed by atoms with van der Waals surface area (Å²) in [5, 5.41) is 11.2. The second kappa shape index (κ2) is 10.9. The van der Waals surface area contributed by atoms with Gasteiger partial charge in [0.2, 0.25) is 0 Å². The monoisotopic (exact) mass is 475 g/mol. The Kier molecular flexibility index (Phi) is 7.50. The smallest absolute Gasteiger partial charge is 0.295 e. The van der Waals surface area contributed by atoms with E-state index in [-0.39, 0.29) is 11.3 Å². The number of aryl methyl sites for hydroxylation is 1. The molecule has 1 atom stereocenters. The van der Waals surface area contributed by atoms with Gasteiger partial charge in [-0.05, 0) is 54.8 Å². The maximum atomic E-state index is 13.2. The summed E-state index contributed by atoms with van der Waals surface area (Å²) < 4.78 is 12.8. The number of amides is 1. The van der Waals surface area contributed by atoms with Gasteiger partial charge in [-0.15, -0.1) is 0 Å². The van der Waals surface area contributed by atoms with Crippen molar-refractivity contribution >= 4 is 17.4 Å². The highest BCUT2D eigenvalue weighted by atomic mass is 16.5. The maximum absolute atomic E-state index is 13.2. The van der Waals surface area contributed by atoms with E-state index in [9.17, 15) is 14.7 Å². The lowest BCUT2D eigenvalue weighted by Crippen LogP contribution is -2.31. The maximum Gasteiger partial charge on any atom is 0.295 e. The molecule has 0 spiro atoms. The van der Waals surface area contributed by atoms with E-state index < -0.39 is 17.7 Å². The highest BCUT2D eigenvalue weighted by Gasteiger charge is 2.45. The zero-order valence-corrected chi connectivity index (χ0v) is 19.9. The van der Waals surface area contributed by atoms with Crippen LogP contribution in [0.1, 0.15) is 36.9 Å². The molecule has 1 unspecified atom stereocenters. The van der Waals surface area contributed by atoms with Gasteiger partial charge in [-0.2, -0.15) is 0 Å². The van der Waals surface area contributed by atoms with Gasteiger partial charge >= 0.3 is 0 Å². The number of Topliss-reactive ketones (excluding diaryl/α,β-unsaturated/α-hetero) is 1. The Morgan fingerprint density at radius 3 is 2.37 bits per heavy atom. The molecule has 2 aromatic carbocycles. The van der Waals surface area contributed by atoms with Crippen molar-refractivity contribution in [3.63, 3.8) is 0 Å². The van der Waals surface area contributed by atoms with Crippen LogP contribution in [0.2, 0.25) is 0 Å². The van der Waals surface area contributed by atoms with Gasteiger partial charge in [-0.25, -0.2) is 4.98 Å². The summed E-state index contributed by atoms with van der Waals surface area (Å²) >= 11 is 0. The predicted octanol–water partition coefficient (Wildman–Crippen LogP) is 4.19. The number of ketones is 1. The molecule has 8 heteroatoms. The van der Waals surface area contributed by atoms with Crippen LogP contribution >= 0.6 is 0 Å². The van der Waals surface area contributed by atoms with Gasteiger partial charge in [0.25, 0.3) is 11.7 Å². The van der Waals surface area contributed by atoms with E-state index in [1.807, 2.05) is 42.0 Å². The number of hydrogen-bond donors (Lipinski definition) is 1. The summed E-state index contributed by atoms with van der Waals surface area (Å²) in [7, 11) is 1.55. The quantitative estimate of drug-likeness (QED) is 0.268.